The average molecular weight is 874 g/mol. The lowest BCUT2D eigenvalue weighted by molar-refractivity contribution is -0.163. The van der Waals surface area contributed by atoms with Crippen molar-refractivity contribution in [1.82, 2.24) is 4.90 Å². The van der Waals surface area contributed by atoms with Crippen LogP contribution in [0.25, 0.3) is 0 Å². The highest BCUT2D eigenvalue weighted by Gasteiger charge is 2.20. The van der Waals surface area contributed by atoms with Crippen LogP contribution in [0.3, 0.4) is 0 Å². The summed E-state index contributed by atoms with van der Waals surface area (Å²) in [7, 11) is 4.01. The van der Waals surface area contributed by atoms with E-state index in [1.165, 1.54) is 36.8 Å². The molecule has 0 N–H and O–H groups in total. The zero-order valence-electron chi connectivity index (χ0n) is 41.5. The summed E-state index contributed by atoms with van der Waals surface area (Å²) in [6.07, 6.45) is 34.4. The Morgan fingerprint density at radius 2 is 0.968 bits per heavy atom. The van der Waals surface area contributed by atoms with Crippen molar-refractivity contribution in [1.29, 1.82) is 0 Å². The van der Waals surface area contributed by atoms with Crippen LogP contribution in [0.4, 0.5) is 0 Å². The second kappa shape index (κ2) is 42.2. The van der Waals surface area contributed by atoms with E-state index in [2.05, 4.69) is 89.8 Å². The Hall–Kier alpha value is -2.75. The van der Waals surface area contributed by atoms with Gasteiger partial charge in [-0.05, 0) is 150 Å². The molecule has 0 aliphatic rings. The van der Waals surface area contributed by atoms with Crippen molar-refractivity contribution in [3.05, 3.63) is 47.6 Å². The van der Waals surface area contributed by atoms with Gasteiger partial charge in [-0.2, -0.15) is 0 Å². The molecule has 62 heavy (non-hydrogen) atoms. The molecule has 0 fully saturated rings. The molecule has 9 nitrogen and oxygen atoms in total. The van der Waals surface area contributed by atoms with Crippen LogP contribution in [0.1, 0.15) is 196 Å². The Balaban J connectivity index is 4.99. The second-order valence-electron chi connectivity index (χ2n) is 18.4. The van der Waals surface area contributed by atoms with E-state index in [0.717, 1.165) is 103 Å². The first-order valence-electron chi connectivity index (χ1n) is 24.7. The maximum atomic E-state index is 13.1. The van der Waals surface area contributed by atoms with Gasteiger partial charge >= 0.3 is 17.9 Å². The molecule has 360 valence electrons. The summed E-state index contributed by atoms with van der Waals surface area (Å²) in [5.74, 6) is -0.386. The first kappa shape index (κ1) is 59.2. The first-order valence-corrected chi connectivity index (χ1v) is 24.7. The van der Waals surface area contributed by atoms with Crippen molar-refractivity contribution < 1.29 is 38.1 Å². The SMILES string of the molecule is CCCCC/C=C\C/C=C\CCCCCCCC(=O)OCC(COC(=O)CCCCN(C)C)COC(=O)CCC(OCCC(C)CCC=C(C)C)OCCC(C)CCC=C(C)C. The summed E-state index contributed by atoms with van der Waals surface area (Å²) in [5.41, 5.74) is 2.68. The predicted octanol–water partition coefficient (Wildman–Crippen LogP) is 13.5. The number of hydrogen-bond donors (Lipinski definition) is 0. The lowest BCUT2D eigenvalue weighted by atomic mass is 10.0. The Morgan fingerprint density at radius 3 is 1.45 bits per heavy atom. The van der Waals surface area contributed by atoms with Crippen molar-refractivity contribution in [2.45, 2.75) is 202 Å². The topological polar surface area (TPSA) is 101 Å². The molecule has 0 heterocycles. The third-order valence-corrected chi connectivity index (χ3v) is 10.8. The Bertz CT molecular complexity index is 1180. The van der Waals surface area contributed by atoms with Gasteiger partial charge in [0.1, 0.15) is 19.8 Å². The van der Waals surface area contributed by atoms with Crippen molar-refractivity contribution in [2.24, 2.45) is 17.8 Å². The second-order valence-corrected chi connectivity index (χ2v) is 18.4. The van der Waals surface area contributed by atoms with E-state index < -0.39 is 12.2 Å². The number of esters is 3. The molecule has 0 aromatic rings. The van der Waals surface area contributed by atoms with E-state index in [1.807, 2.05) is 14.1 Å². The minimum Gasteiger partial charge on any atom is -0.465 e. The number of ether oxygens (including phenoxy) is 5. The zero-order chi connectivity index (χ0) is 46.1. The molecule has 3 atom stereocenters. The molecule has 0 saturated carbocycles. The highest BCUT2D eigenvalue weighted by molar-refractivity contribution is 5.70. The van der Waals surface area contributed by atoms with Gasteiger partial charge in [0, 0.05) is 32.5 Å². The van der Waals surface area contributed by atoms with Crippen molar-refractivity contribution >= 4 is 17.9 Å². The van der Waals surface area contributed by atoms with Crippen LogP contribution < -0.4 is 0 Å². The molecule has 0 aliphatic carbocycles. The molecule has 0 aromatic heterocycles. The van der Waals surface area contributed by atoms with E-state index in [-0.39, 0.29) is 44.1 Å². The maximum absolute atomic E-state index is 13.1. The summed E-state index contributed by atoms with van der Waals surface area (Å²) in [5, 5.41) is 0. The lowest BCUT2D eigenvalue weighted by Gasteiger charge is -2.21. The smallest absolute Gasteiger partial charge is 0.305 e. The van der Waals surface area contributed by atoms with Crippen LogP contribution in [-0.4, -0.2) is 82.8 Å². The Labute approximate surface area is 381 Å². The molecule has 0 aromatic carbocycles. The highest BCUT2D eigenvalue weighted by Crippen LogP contribution is 2.17. The molecule has 0 aliphatic heterocycles. The molecule has 0 rings (SSSR count). The Morgan fingerprint density at radius 1 is 0.516 bits per heavy atom. The molecule has 0 amide bonds. The summed E-state index contributed by atoms with van der Waals surface area (Å²) in [6, 6.07) is 0. The van der Waals surface area contributed by atoms with Gasteiger partial charge in [-0.15, -0.1) is 0 Å². The molecule has 0 spiro atoms. The number of allylic oxidation sites excluding steroid dienone is 8. The maximum Gasteiger partial charge on any atom is 0.305 e. The molecule has 0 radical (unpaired) electrons. The normalized spacial score (nSPS) is 13.6. The van der Waals surface area contributed by atoms with Gasteiger partial charge in [-0.25, -0.2) is 0 Å². The van der Waals surface area contributed by atoms with Crippen LogP contribution in [0, 0.1) is 17.8 Å². The van der Waals surface area contributed by atoms with Crippen LogP contribution in [-0.2, 0) is 38.1 Å². The third-order valence-electron chi connectivity index (χ3n) is 10.8. The summed E-state index contributed by atoms with van der Waals surface area (Å²) >= 11 is 0. The van der Waals surface area contributed by atoms with Crippen molar-refractivity contribution in [3.8, 4) is 0 Å². The standard InChI is InChI=1S/C53H95NO8/c1-10-11-12-13-14-15-16-17-18-19-20-21-22-23-24-33-50(55)60-42-49(43-61-51(56)34-25-26-39-54(8)9)44-62-52(57)35-36-53(58-40-37-47(6)31-27-29-45(2)3)59-41-38-48(7)32-28-30-46(4)5/h14-15,17-18,29-30,47-49,53H,10-13,16,19-28,31-44H2,1-9H3/b15-14-,18-17-. The zero-order valence-corrected chi connectivity index (χ0v) is 41.5. The van der Waals surface area contributed by atoms with E-state index in [9.17, 15) is 14.4 Å². The van der Waals surface area contributed by atoms with Crippen LogP contribution in [0.15, 0.2) is 47.6 Å². The fourth-order valence-electron chi connectivity index (χ4n) is 6.62. The van der Waals surface area contributed by atoms with Crippen molar-refractivity contribution in [3.63, 3.8) is 0 Å². The van der Waals surface area contributed by atoms with Gasteiger partial charge in [0.25, 0.3) is 0 Å². The molecule has 0 bridgehead atoms. The summed E-state index contributed by atoms with van der Waals surface area (Å²) in [4.78, 5) is 40.4. The minimum absolute atomic E-state index is 0.0114. The summed E-state index contributed by atoms with van der Waals surface area (Å²) < 4.78 is 29.3. The van der Waals surface area contributed by atoms with E-state index in [0.29, 0.717) is 44.3 Å². The number of carbonyl (C=O) groups excluding carboxylic acids is 3. The predicted molar refractivity (Wildman–Crippen MR) is 258 cm³/mol. The Kier molecular flexibility index (Phi) is 40.3. The largest absolute Gasteiger partial charge is 0.465 e. The van der Waals surface area contributed by atoms with Crippen LogP contribution in [0.2, 0.25) is 0 Å². The highest BCUT2D eigenvalue weighted by atomic mass is 16.7. The number of unbranched alkanes of at least 4 members (excludes halogenated alkanes) is 9. The summed E-state index contributed by atoms with van der Waals surface area (Å²) in [6.45, 7) is 17.3. The lowest BCUT2D eigenvalue weighted by Crippen LogP contribution is -2.27. The first-order chi connectivity index (χ1) is 29.8. The number of carbonyl (C=O) groups is 3. The van der Waals surface area contributed by atoms with E-state index in [4.69, 9.17) is 23.7 Å². The molecule has 9 heteroatoms. The number of rotatable bonds is 42. The minimum atomic E-state index is -0.503. The number of hydrogen-bond acceptors (Lipinski definition) is 9. The van der Waals surface area contributed by atoms with Crippen LogP contribution in [0.5, 0.6) is 0 Å². The van der Waals surface area contributed by atoms with E-state index >= 15 is 0 Å². The van der Waals surface area contributed by atoms with Gasteiger partial charge in [0.15, 0.2) is 6.29 Å². The van der Waals surface area contributed by atoms with Gasteiger partial charge < -0.3 is 28.6 Å². The third kappa shape index (κ3) is 42.5. The fraction of sp³-hybridized carbons (Fsp3) is 0.792. The fourth-order valence-corrected chi connectivity index (χ4v) is 6.62. The molecular weight excluding hydrogens is 779 g/mol. The van der Waals surface area contributed by atoms with Crippen molar-refractivity contribution in [2.75, 3.05) is 53.7 Å². The molecule has 3 unspecified atom stereocenters. The van der Waals surface area contributed by atoms with Gasteiger partial charge in [0.05, 0.1) is 12.3 Å². The molecule has 0 saturated heterocycles. The average Bonchev–Trinajstić information content (AvgIpc) is 3.22. The van der Waals surface area contributed by atoms with Crippen LogP contribution >= 0.6 is 0 Å². The molecular formula is C53H95NO8. The number of nitrogens with zero attached hydrogens (tertiary/aromatic N) is 1. The quantitative estimate of drug-likeness (QED) is 0.0195. The van der Waals surface area contributed by atoms with Gasteiger partial charge in [-0.1, -0.05) is 100 Å². The monoisotopic (exact) mass is 874 g/mol. The van der Waals surface area contributed by atoms with Gasteiger partial charge in [-0.3, -0.25) is 14.4 Å². The van der Waals surface area contributed by atoms with Gasteiger partial charge in [0.2, 0.25) is 0 Å². The van der Waals surface area contributed by atoms with E-state index in [1.54, 1.807) is 0 Å².